The Balaban J connectivity index is 1.98. The molecule has 1 aliphatic carbocycles. The summed E-state index contributed by atoms with van der Waals surface area (Å²) in [5, 5.41) is 12.5. The van der Waals surface area contributed by atoms with Gasteiger partial charge in [-0.25, -0.2) is 0 Å². The molecule has 26 heavy (non-hydrogen) atoms. The number of amides is 1. The molecule has 6 nitrogen and oxygen atoms in total. The molecule has 0 atom stereocenters. The second-order valence-corrected chi connectivity index (χ2v) is 6.80. The number of hydrogen-bond acceptors (Lipinski definition) is 5. The lowest BCUT2D eigenvalue weighted by Crippen LogP contribution is -2.51. The summed E-state index contributed by atoms with van der Waals surface area (Å²) in [4.78, 5) is 14.6. The van der Waals surface area contributed by atoms with Crippen LogP contribution in [-0.4, -0.2) is 43.7 Å². The van der Waals surface area contributed by atoms with Gasteiger partial charge in [0.1, 0.15) is 5.54 Å². The van der Waals surface area contributed by atoms with Crippen molar-refractivity contribution in [2.75, 3.05) is 27.3 Å². The van der Waals surface area contributed by atoms with Crippen LogP contribution in [0.5, 0.6) is 11.5 Å². The SMILES string of the molecule is CCN(CC(=O)NC1(C#N)CCCCC1)Cc1ccc(OC)c(OC)c1. The second-order valence-electron chi connectivity index (χ2n) is 6.80. The quantitative estimate of drug-likeness (QED) is 0.772. The van der Waals surface area contributed by atoms with Crippen molar-refractivity contribution in [2.45, 2.75) is 51.1 Å². The molecule has 0 spiro atoms. The van der Waals surface area contributed by atoms with Crippen molar-refractivity contribution in [3.63, 3.8) is 0 Å². The topological polar surface area (TPSA) is 74.6 Å². The molecule has 0 heterocycles. The second kappa shape index (κ2) is 9.44. The Morgan fingerprint density at radius 2 is 1.92 bits per heavy atom. The minimum absolute atomic E-state index is 0.0872. The molecule has 0 bridgehead atoms. The summed E-state index contributed by atoms with van der Waals surface area (Å²) in [6, 6.07) is 8.11. The molecule has 0 aromatic heterocycles. The van der Waals surface area contributed by atoms with E-state index in [0.29, 0.717) is 18.0 Å². The number of rotatable bonds is 8. The number of carbonyl (C=O) groups excluding carboxylic acids is 1. The maximum atomic E-state index is 12.5. The molecule has 6 heteroatoms. The fraction of sp³-hybridized carbons (Fsp3) is 0.600. The van der Waals surface area contributed by atoms with Gasteiger partial charge >= 0.3 is 0 Å². The molecule has 1 fully saturated rings. The van der Waals surface area contributed by atoms with Crippen molar-refractivity contribution < 1.29 is 14.3 Å². The Kier molecular flexibility index (Phi) is 7.28. The normalized spacial score (nSPS) is 16.0. The molecule has 2 rings (SSSR count). The Morgan fingerprint density at radius 1 is 1.23 bits per heavy atom. The number of methoxy groups -OCH3 is 2. The van der Waals surface area contributed by atoms with Crippen molar-refractivity contribution in [3.05, 3.63) is 23.8 Å². The smallest absolute Gasteiger partial charge is 0.235 e. The predicted molar refractivity (Wildman–Crippen MR) is 100 cm³/mol. The highest BCUT2D eigenvalue weighted by atomic mass is 16.5. The van der Waals surface area contributed by atoms with Gasteiger partial charge in [0, 0.05) is 6.54 Å². The van der Waals surface area contributed by atoms with Gasteiger partial charge in [0.15, 0.2) is 11.5 Å². The molecule has 1 aliphatic rings. The van der Waals surface area contributed by atoms with Crippen LogP contribution in [0.3, 0.4) is 0 Å². The van der Waals surface area contributed by atoms with E-state index in [1.165, 1.54) is 0 Å². The lowest BCUT2D eigenvalue weighted by Gasteiger charge is -2.32. The van der Waals surface area contributed by atoms with E-state index in [1.807, 2.05) is 30.0 Å². The molecule has 142 valence electrons. The van der Waals surface area contributed by atoms with E-state index in [9.17, 15) is 10.1 Å². The molecule has 0 radical (unpaired) electrons. The highest BCUT2D eigenvalue weighted by Gasteiger charge is 2.33. The summed E-state index contributed by atoms with van der Waals surface area (Å²) < 4.78 is 10.6. The van der Waals surface area contributed by atoms with E-state index in [0.717, 1.165) is 44.2 Å². The highest BCUT2D eigenvalue weighted by molar-refractivity contribution is 5.79. The van der Waals surface area contributed by atoms with Gasteiger partial charge in [-0.05, 0) is 37.1 Å². The van der Waals surface area contributed by atoms with Gasteiger partial charge in [0.2, 0.25) is 5.91 Å². The Hall–Kier alpha value is -2.26. The van der Waals surface area contributed by atoms with E-state index in [4.69, 9.17) is 9.47 Å². The van der Waals surface area contributed by atoms with Crippen LogP contribution in [0.15, 0.2) is 18.2 Å². The van der Waals surface area contributed by atoms with Gasteiger partial charge in [-0.1, -0.05) is 32.3 Å². The van der Waals surface area contributed by atoms with Crippen molar-refractivity contribution in [1.29, 1.82) is 5.26 Å². The number of ether oxygens (including phenoxy) is 2. The molecule has 0 aliphatic heterocycles. The van der Waals surface area contributed by atoms with Crippen LogP contribution in [0.2, 0.25) is 0 Å². The standard InChI is InChI=1S/C20H29N3O3/c1-4-23(13-16-8-9-17(25-2)18(12-16)26-3)14-19(24)22-20(15-21)10-6-5-7-11-20/h8-9,12H,4-7,10-11,13-14H2,1-3H3,(H,22,24). The summed E-state index contributed by atoms with van der Waals surface area (Å²) in [7, 11) is 3.22. The molecule has 1 aromatic carbocycles. The minimum Gasteiger partial charge on any atom is -0.493 e. The van der Waals surface area contributed by atoms with Gasteiger partial charge in [0.25, 0.3) is 0 Å². The lowest BCUT2D eigenvalue weighted by atomic mass is 9.83. The predicted octanol–water partition coefficient (Wildman–Crippen LogP) is 2.87. The zero-order valence-electron chi connectivity index (χ0n) is 16.0. The van der Waals surface area contributed by atoms with Gasteiger partial charge in [-0.2, -0.15) is 5.26 Å². The fourth-order valence-electron chi connectivity index (χ4n) is 3.45. The number of nitrogens with zero attached hydrogens (tertiary/aromatic N) is 2. The largest absolute Gasteiger partial charge is 0.493 e. The maximum Gasteiger partial charge on any atom is 0.235 e. The highest BCUT2D eigenvalue weighted by Crippen LogP contribution is 2.29. The number of nitriles is 1. The van der Waals surface area contributed by atoms with Crippen LogP contribution in [0.4, 0.5) is 0 Å². The first-order chi connectivity index (χ1) is 12.6. The summed E-state index contributed by atoms with van der Waals surface area (Å²) in [6.07, 6.45) is 4.63. The molecular formula is C20H29N3O3. The molecular weight excluding hydrogens is 330 g/mol. The average molecular weight is 359 g/mol. The van der Waals surface area contributed by atoms with Crippen LogP contribution in [-0.2, 0) is 11.3 Å². The van der Waals surface area contributed by atoms with Crippen LogP contribution in [0, 0.1) is 11.3 Å². The zero-order valence-corrected chi connectivity index (χ0v) is 16.0. The first kappa shape index (κ1) is 20.1. The molecule has 0 unspecified atom stereocenters. The van der Waals surface area contributed by atoms with Crippen molar-refractivity contribution in [2.24, 2.45) is 0 Å². The van der Waals surface area contributed by atoms with Gasteiger partial charge in [-0.3, -0.25) is 9.69 Å². The maximum absolute atomic E-state index is 12.5. The number of nitrogens with one attached hydrogen (secondary N) is 1. The van der Waals surface area contributed by atoms with Gasteiger partial charge < -0.3 is 14.8 Å². The third kappa shape index (κ3) is 5.12. The molecule has 1 N–H and O–H groups in total. The van der Waals surface area contributed by atoms with Crippen LogP contribution in [0.25, 0.3) is 0 Å². The summed E-state index contributed by atoms with van der Waals surface area (Å²) in [5.74, 6) is 1.28. The first-order valence-corrected chi connectivity index (χ1v) is 9.21. The Labute approximate surface area is 156 Å². The van der Waals surface area contributed by atoms with Crippen molar-refractivity contribution in [1.82, 2.24) is 10.2 Å². The van der Waals surface area contributed by atoms with Gasteiger partial charge in [0.05, 0.1) is 26.8 Å². The number of carbonyl (C=O) groups is 1. The zero-order chi connectivity index (χ0) is 19.0. The summed E-state index contributed by atoms with van der Waals surface area (Å²) in [5.41, 5.74) is 0.364. The minimum atomic E-state index is -0.682. The Morgan fingerprint density at radius 3 is 2.50 bits per heavy atom. The molecule has 0 saturated heterocycles. The van der Waals surface area contributed by atoms with E-state index < -0.39 is 5.54 Å². The van der Waals surface area contributed by atoms with Crippen LogP contribution in [0.1, 0.15) is 44.6 Å². The van der Waals surface area contributed by atoms with E-state index in [2.05, 4.69) is 11.4 Å². The van der Waals surface area contributed by atoms with E-state index in [1.54, 1.807) is 14.2 Å². The molecule has 1 saturated carbocycles. The lowest BCUT2D eigenvalue weighted by molar-refractivity contribution is -0.124. The third-order valence-electron chi connectivity index (χ3n) is 4.97. The number of hydrogen-bond donors (Lipinski definition) is 1. The van der Waals surface area contributed by atoms with Gasteiger partial charge in [-0.15, -0.1) is 0 Å². The molecule has 1 amide bonds. The molecule has 1 aromatic rings. The fourth-order valence-corrected chi connectivity index (χ4v) is 3.45. The summed E-state index contributed by atoms with van der Waals surface area (Å²) in [6.45, 7) is 3.66. The third-order valence-corrected chi connectivity index (χ3v) is 4.97. The van der Waals surface area contributed by atoms with Crippen molar-refractivity contribution in [3.8, 4) is 17.6 Å². The monoisotopic (exact) mass is 359 g/mol. The van der Waals surface area contributed by atoms with Crippen LogP contribution >= 0.6 is 0 Å². The van der Waals surface area contributed by atoms with E-state index >= 15 is 0 Å². The summed E-state index contributed by atoms with van der Waals surface area (Å²) >= 11 is 0. The Bertz CT molecular complexity index is 648. The average Bonchev–Trinajstić information content (AvgIpc) is 2.67. The van der Waals surface area contributed by atoms with Crippen molar-refractivity contribution >= 4 is 5.91 Å². The van der Waals surface area contributed by atoms with Crippen LogP contribution < -0.4 is 14.8 Å². The number of likely N-dealkylation sites (N-methyl/N-ethyl adjacent to an activating group) is 1. The van der Waals surface area contributed by atoms with E-state index in [-0.39, 0.29) is 12.5 Å². The number of benzene rings is 1. The first-order valence-electron chi connectivity index (χ1n) is 9.21.